The third-order valence-corrected chi connectivity index (χ3v) is 7.69. The SMILES string of the molecule is CC1CN(C(=O)[C@H]2CC[C@@H](NC(=O)OCC3c4ccccc4-c4ccccc43)C2)CC1C(=O)O. The number of alkyl carbamates (subject to hydrolysis) is 1. The number of hydrogen-bond donors (Lipinski definition) is 2. The number of hydrogen-bond acceptors (Lipinski definition) is 4. The molecule has 1 saturated carbocycles. The molecule has 1 heterocycles. The molecule has 0 aromatic heterocycles. The van der Waals surface area contributed by atoms with E-state index < -0.39 is 18.0 Å². The summed E-state index contributed by atoms with van der Waals surface area (Å²) in [6, 6.07) is 16.3. The normalized spacial score (nSPS) is 25.6. The Hall–Kier alpha value is -3.35. The summed E-state index contributed by atoms with van der Waals surface area (Å²) in [6.07, 6.45) is 1.51. The summed E-state index contributed by atoms with van der Waals surface area (Å²) in [5, 5.41) is 12.3. The minimum atomic E-state index is -0.843. The fourth-order valence-corrected chi connectivity index (χ4v) is 5.87. The smallest absolute Gasteiger partial charge is 0.407 e. The number of nitrogens with zero attached hydrogens (tertiary/aromatic N) is 1. The Morgan fingerprint density at radius 3 is 2.26 bits per heavy atom. The topological polar surface area (TPSA) is 95.9 Å². The lowest BCUT2D eigenvalue weighted by Gasteiger charge is -2.21. The highest BCUT2D eigenvalue weighted by molar-refractivity contribution is 5.82. The van der Waals surface area contributed by atoms with Crippen LogP contribution in [0.1, 0.15) is 43.2 Å². The van der Waals surface area contributed by atoms with Crippen LogP contribution in [-0.2, 0) is 14.3 Å². The van der Waals surface area contributed by atoms with Crippen LogP contribution >= 0.6 is 0 Å². The first-order valence-corrected chi connectivity index (χ1v) is 12.1. The molecule has 2 aromatic carbocycles. The van der Waals surface area contributed by atoms with Crippen molar-refractivity contribution in [1.82, 2.24) is 10.2 Å². The number of fused-ring (bicyclic) bond motifs is 3. The molecular weight excluding hydrogens is 432 g/mol. The molecule has 5 rings (SSSR count). The van der Waals surface area contributed by atoms with Crippen molar-refractivity contribution in [3.8, 4) is 11.1 Å². The van der Waals surface area contributed by atoms with Gasteiger partial charge < -0.3 is 20.1 Å². The van der Waals surface area contributed by atoms with E-state index in [0.29, 0.717) is 25.8 Å². The number of rotatable bonds is 5. The summed E-state index contributed by atoms with van der Waals surface area (Å²) < 4.78 is 5.64. The Kier molecular flexibility index (Phi) is 6.02. The van der Waals surface area contributed by atoms with Gasteiger partial charge in [-0.25, -0.2) is 4.79 Å². The maximum atomic E-state index is 12.9. The third-order valence-electron chi connectivity index (χ3n) is 7.69. The lowest BCUT2D eigenvalue weighted by atomic mass is 9.98. The first-order chi connectivity index (χ1) is 16.4. The highest BCUT2D eigenvalue weighted by atomic mass is 16.5. The monoisotopic (exact) mass is 462 g/mol. The second-order valence-electron chi connectivity index (χ2n) is 9.84. The number of nitrogens with one attached hydrogen (secondary N) is 1. The van der Waals surface area contributed by atoms with E-state index in [1.807, 2.05) is 31.2 Å². The molecule has 3 aliphatic rings. The highest BCUT2D eigenvalue weighted by Crippen LogP contribution is 2.44. The number of carbonyl (C=O) groups excluding carboxylic acids is 2. The van der Waals surface area contributed by atoms with Gasteiger partial charge in [0.2, 0.25) is 5.91 Å². The van der Waals surface area contributed by atoms with Gasteiger partial charge in [0.1, 0.15) is 6.61 Å². The molecule has 7 nitrogen and oxygen atoms in total. The predicted octanol–water partition coefficient (Wildman–Crippen LogP) is 3.87. The van der Waals surface area contributed by atoms with Gasteiger partial charge in [0.05, 0.1) is 5.92 Å². The molecule has 0 radical (unpaired) electrons. The standard InChI is InChI=1S/C27H30N2O5/c1-16-13-29(14-23(16)26(31)32)25(30)17-10-11-18(12-17)28-27(33)34-15-24-21-8-4-2-6-19(21)20-7-3-5-9-22(20)24/h2-9,16-18,23-24H,10-15H2,1H3,(H,28,33)(H,31,32)/t16?,17-,18+,23?/m0/s1. The number of benzene rings is 2. The highest BCUT2D eigenvalue weighted by Gasteiger charge is 2.41. The first kappa shape index (κ1) is 22.4. The molecule has 2 unspecified atom stereocenters. The van der Waals surface area contributed by atoms with E-state index in [2.05, 4.69) is 29.6 Å². The van der Waals surface area contributed by atoms with Crippen molar-refractivity contribution in [3.05, 3.63) is 59.7 Å². The van der Waals surface area contributed by atoms with E-state index in [9.17, 15) is 19.5 Å². The van der Waals surface area contributed by atoms with Crippen LogP contribution < -0.4 is 5.32 Å². The van der Waals surface area contributed by atoms with Gasteiger partial charge in [-0.1, -0.05) is 55.5 Å². The summed E-state index contributed by atoms with van der Waals surface area (Å²) in [4.78, 5) is 38.5. The molecule has 2 N–H and O–H groups in total. The minimum Gasteiger partial charge on any atom is -0.481 e. The van der Waals surface area contributed by atoms with E-state index in [4.69, 9.17) is 4.74 Å². The zero-order valence-electron chi connectivity index (χ0n) is 19.3. The number of carboxylic acid groups (broad SMARTS) is 1. The maximum Gasteiger partial charge on any atom is 0.407 e. The summed E-state index contributed by atoms with van der Waals surface area (Å²) in [6.45, 7) is 2.90. The molecule has 34 heavy (non-hydrogen) atoms. The summed E-state index contributed by atoms with van der Waals surface area (Å²) in [5.41, 5.74) is 4.71. The second kappa shape index (κ2) is 9.12. The quantitative estimate of drug-likeness (QED) is 0.703. The van der Waals surface area contributed by atoms with Crippen LogP contribution in [0.25, 0.3) is 11.1 Å². The van der Waals surface area contributed by atoms with Crippen LogP contribution in [0.4, 0.5) is 4.79 Å². The van der Waals surface area contributed by atoms with Crippen molar-refractivity contribution in [3.63, 3.8) is 0 Å². The molecule has 2 aromatic rings. The van der Waals surface area contributed by atoms with E-state index in [1.54, 1.807) is 4.90 Å². The Labute approximate surface area is 199 Å². The molecule has 1 aliphatic heterocycles. The van der Waals surface area contributed by atoms with Crippen molar-refractivity contribution >= 4 is 18.0 Å². The van der Waals surface area contributed by atoms with Crippen LogP contribution in [0.2, 0.25) is 0 Å². The minimum absolute atomic E-state index is 0.00689. The lowest BCUT2D eigenvalue weighted by molar-refractivity contribution is -0.142. The van der Waals surface area contributed by atoms with Crippen LogP contribution in [-0.4, -0.2) is 53.7 Å². The van der Waals surface area contributed by atoms with Gasteiger partial charge in [0.15, 0.2) is 0 Å². The van der Waals surface area contributed by atoms with E-state index in [1.165, 1.54) is 22.3 Å². The Morgan fingerprint density at radius 2 is 1.65 bits per heavy atom. The molecule has 4 atom stereocenters. The Balaban J connectivity index is 1.14. The van der Waals surface area contributed by atoms with Gasteiger partial charge in [-0.3, -0.25) is 9.59 Å². The summed E-state index contributed by atoms with van der Waals surface area (Å²) in [5.74, 6) is -1.55. The van der Waals surface area contributed by atoms with E-state index in [-0.39, 0.29) is 42.9 Å². The van der Waals surface area contributed by atoms with Crippen LogP contribution in [0, 0.1) is 17.8 Å². The fraction of sp³-hybridized carbons (Fsp3) is 0.444. The van der Waals surface area contributed by atoms with Gasteiger partial charge in [-0.2, -0.15) is 0 Å². The number of amides is 2. The van der Waals surface area contributed by atoms with Crippen molar-refractivity contribution in [2.45, 2.75) is 38.1 Å². The third kappa shape index (κ3) is 4.15. The number of carboxylic acids is 1. The van der Waals surface area contributed by atoms with Crippen molar-refractivity contribution in [1.29, 1.82) is 0 Å². The molecule has 1 saturated heterocycles. The average Bonchev–Trinajstić information content (AvgIpc) is 3.53. The second-order valence-corrected chi connectivity index (χ2v) is 9.84. The van der Waals surface area contributed by atoms with Gasteiger partial charge in [-0.05, 0) is 47.4 Å². The average molecular weight is 463 g/mol. The van der Waals surface area contributed by atoms with E-state index in [0.717, 1.165) is 0 Å². The van der Waals surface area contributed by atoms with Crippen molar-refractivity contribution in [2.24, 2.45) is 17.8 Å². The molecule has 0 bridgehead atoms. The van der Waals surface area contributed by atoms with Crippen LogP contribution in [0.5, 0.6) is 0 Å². The van der Waals surface area contributed by atoms with Gasteiger partial charge in [-0.15, -0.1) is 0 Å². The zero-order valence-corrected chi connectivity index (χ0v) is 19.3. The number of ether oxygens (including phenoxy) is 1. The molecule has 2 aliphatic carbocycles. The number of likely N-dealkylation sites (tertiary alicyclic amines) is 1. The van der Waals surface area contributed by atoms with Crippen LogP contribution in [0.15, 0.2) is 48.5 Å². The largest absolute Gasteiger partial charge is 0.481 e. The first-order valence-electron chi connectivity index (χ1n) is 12.1. The maximum absolute atomic E-state index is 12.9. The fourth-order valence-electron chi connectivity index (χ4n) is 5.87. The zero-order chi connectivity index (χ0) is 23.8. The lowest BCUT2D eigenvalue weighted by Crippen LogP contribution is -2.37. The van der Waals surface area contributed by atoms with Gasteiger partial charge in [0, 0.05) is 31.0 Å². The molecule has 2 fully saturated rings. The van der Waals surface area contributed by atoms with E-state index >= 15 is 0 Å². The van der Waals surface area contributed by atoms with Crippen molar-refractivity contribution in [2.75, 3.05) is 19.7 Å². The molecular formula is C27H30N2O5. The van der Waals surface area contributed by atoms with Gasteiger partial charge in [0.25, 0.3) is 0 Å². The predicted molar refractivity (Wildman–Crippen MR) is 126 cm³/mol. The van der Waals surface area contributed by atoms with Gasteiger partial charge >= 0.3 is 12.1 Å². The number of aliphatic carboxylic acids is 1. The molecule has 0 spiro atoms. The molecule has 2 amide bonds. The molecule has 7 heteroatoms. The summed E-state index contributed by atoms with van der Waals surface area (Å²) >= 11 is 0. The number of carbonyl (C=O) groups is 3. The Bertz CT molecular complexity index is 1070. The summed E-state index contributed by atoms with van der Waals surface area (Å²) in [7, 11) is 0. The van der Waals surface area contributed by atoms with Crippen LogP contribution in [0.3, 0.4) is 0 Å². The van der Waals surface area contributed by atoms with Crippen molar-refractivity contribution < 1.29 is 24.2 Å². The Morgan fingerprint density at radius 1 is 1.00 bits per heavy atom. The molecule has 178 valence electrons.